The fourth-order valence-corrected chi connectivity index (χ4v) is 15.5. The van der Waals surface area contributed by atoms with Crippen molar-refractivity contribution in [1.29, 1.82) is 0 Å². The number of para-hydroxylation sites is 9. The van der Waals surface area contributed by atoms with Crippen molar-refractivity contribution in [2.24, 2.45) is 0 Å². The molecule has 0 aliphatic carbocycles. The van der Waals surface area contributed by atoms with Crippen molar-refractivity contribution < 1.29 is 4.74 Å². The first-order chi connectivity index (χ1) is 47.3. The van der Waals surface area contributed by atoms with Crippen LogP contribution in [0.1, 0.15) is 26.3 Å². The molecule has 0 amide bonds. The highest BCUT2D eigenvalue weighted by atomic mass is 16.5. The van der Waals surface area contributed by atoms with E-state index in [0.29, 0.717) is 0 Å². The summed E-state index contributed by atoms with van der Waals surface area (Å²) in [4.78, 5) is 12.5. The Morgan fingerprint density at radius 1 is 0.281 bits per heavy atom. The number of hydrogen-bond acceptors (Lipinski definition) is 6. The monoisotopic (exact) mass is 1230 g/mol. The van der Waals surface area contributed by atoms with E-state index in [-0.39, 0.29) is 18.8 Å². The predicted octanol–water partition coefficient (Wildman–Crippen LogP) is 19.7. The summed E-state index contributed by atoms with van der Waals surface area (Å²) in [6.07, 6.45) is 0. The molecule has 0 saturated carbocycles. The SMILES string of the molecule is CC(C)(C)c1ccc(-c2ccccc2N(c2ccccc2)c2cc3c4c(c2)N(c2ccccc2)c2cc5c(cc2B4c2ccccc2O3)B2c3ccccc3N(c3ccccc3)c3cc(N(c4ccccc4)c4ccccc4)cc(c32)N5c2ccccc2-c2ccccc2)cc1. The molecule has 8 heteroatoms. The van der Waals surface area contributed by atoms with Gasteiger partial charge in [-0.1, -0.05) is 245 Å². The van der Waals surface area contributed by atoms with Gasteiger partial charge in [-0.3, -0.25) is 0 Å². The molecule has 0 aromatic heterocycles. The molecule has 4 heterocycles. The molecule has 0 saturated heterocycles. The minimum atomic E-state index is -0.216. The molecule has 6 nitrogen and oxygen atoms in total. The molecule has 454 valence electrons. The Bertz CT molecular complexity index is 5240. The van der Waals surface area contributed by atoms with Crippen molar-refractivity contribution in [2.45, 2.75) is 26.2 Å². The fourth-order valence-electron chi connectivity index (χ4n) is 15.5. The molecule has 0 unspecified atom stereocenters. The van der Waals surface area contributed by atoms with Crippen LogP contribution in [-0.2, 0) is 5.41 Å². The fraction of sp³-hybridized carbons (Fsp3) is 0.0455. The van der Waals surface area contributed by atoms with E-state index in [4.69, 9.17) is 4.74 Å². The zero-order valence-corrected chi connectivity index (χ0v) is 53.6. The van der Waals surface area contributed by atoms with Gasteiger partial charge >= 0.3 is 0 Å². The summed E-state index contributed by atoms with van der Waals surface area (Å²) in [5, 5.41) is 0. The van der Waals surface area contributed by atoms with Gasteiger partial charge < -0.3 is 29.2 Å². The van der Waals surface area contributed by atoms with E-state index in [0.717, 1.165) is 130 Å². The summed E-state index contributed by atoms with van der Waals surface area (Å²) in [5.41, 5.74) is 29.1. The molecule has 0 N–H and O–H groups in total. The van der Waals surface area contributed by atoms with E-state index in [2.05, 4.69) is 385 Å². The second-order valence-electron chi connectivity index (χ2n) is 26.4. The smallest absolute Gasteiger partial charge is 0.256 e. The number of fused-ring (bicyclic) bond motifs is 8. The molecule has 4 aliphatic heterocycles. The highest BCUT2D eigenvalue weighted by Gasteiger charge is 2.49. The molecule has 14 aromatic rings. The first kappa shape index (κ1) is 56.7. The number of nitrogens with zero attached hydrogens (tertiary/aromatic N) is 5. The van der Waals surface area contributed by atoms with Gasteiger partial charge in [0.1, 0.15) is 11.5 Å². The highest BCUT2D eigenvalue weighted by Crippen LogP contribution is 2.53. The Labute approximate surface area is 562 Å². The summed E-state index contributed by atoms with van der Waals surface area (Å²) in [5.74, 6) is 1.67. The van der Waals surface area contributed by atoms with E-state index in [1.165, 1.54) is 27.4 Å². The summed E-state index contributed by atoms with van der Waals surface area (Å²) in [7, 11) is 0. The Morgan fingerprint density at radius 3 is 1.33 bits per heavy atom. The zero-order chi connectivity index (χ0) is 64.0. The van der Waals surface area contributed by atoms with Crippen molar-refractivity contribution in [1.82, 2.24) is 0 Å². The second-order valence-corrected chi connectivity index (χ2v) is 26.4. The molecule has 96 heavy (non-hydrogen) atoms. The largest absolute Gasteiger partial charge is 0.458 e. The van der Waals surface area contributed by atoms with Crippen LogP contribution in [0, 0.1) is 0 Å². The lowest BCUT2D eigenvalue weighted by Crippen LogP contribution is -2.64. The standard InChI is InChI=1S/C88H65B2N5O/c1-88(2,3)62-52-50-61(51-53-62)71-43-22-26-46-76(71)92(65-36-16-7-17-37-65)69-56-83-87-85(57-69)96-84-49-29-25-45-73(84)90(87)74-58-75-80(59-79(74)94(83)67-40-20-9-21-41-67)95(77-47-27-23-42-70(77)60-30-10-4-11-31-60)82-55-68(91(63-32-12-5-13-33-63)64-34-14-6-15-35-64)54-81-86(82)89(75)72-44-24-28-48-78(72)93(81)66-38-18-8-19-39-66/h4-59H,1-3H3. The summed E-state index contributed by atoms with van der Waals surface area (Å²) in [6, 6.07) is 125. The molecule has 4 aliphatic rings. The normalized spacial score (nSPS) is 12.9. The van der Waals surface area contributed by atoms with Gasteiger partial charge in [-0.2, -0.15) is 0 Å². The van der Waals surface area contributed by atoms with Gasteiger partial charge in [-0.25, -0.2) is 0 Å². The van der Waals surface area contributed by atoms with Crippen molar-refractivity contribution in [2.75, 3.05) is 24.5 Å². The number of benzene rings is 14. The lowest BCUT2D eigenvalue weighted by atomic mass is 9.30. The third-order valence-electron chi connectivity index (χ3n) is 19.8. The topological polar surface area (TPSA) is 25.4 Å². The number of anilines is 15. The summed E-state index contributed by atoms with van der Waals surface area (Å²) < 4.78 is 7.43. The van der Waals surface area contributed by atoms with Crippen LogP contribution in [0.15, 0.2) is 340 Å². The molecule has 18 rings (SSSR count). The van der Waals surface area contributed by atoms with E-state index >= 15 is 0 Å². The molecule has 0 fully saturated rings. The third kappa shape index (κ3) is 9.34. The van der Waals surface area contributed by atoms with Crippen molar-refractivity contribution in [3.05, 3.63) is 345 Å². The van der Waals surface area contributed by atoms with Crippen molar-refractivity contribution in [3.8, 4) is 33.8 Å². The average Bonchev–Trinajstić information content (AvgIpc) is 0.686. The Kier molecular flexibility index (Phi) is 13.6. The Balaban J connectivity index is 0.943. The maximum atomic E-state index is 7.43. The number of rotatable bonds is 11. The van der Waals surface area contributed by atoms with Crippen LogP contribution in [0.25, 0.3) is 22.3 Å². The predicted molar refractivity (Wildman–Crippen MR) is 405 cm³/mol. The van der Waals surface area contributed by atoms with Gasteiger partial charge in [0.25, 0.3) is 13.4 Å². The maximum absolute atomic E-state index is 7.43. The third-order valence-corrected chi connectivity index (χ3v) is 19.8. The summed E-state index contributed by atoms with van der Waals surface area (Å²) in [6.45, 7) is 6.41. The quantitative estimate of drug-likeness (QED) is 0.120. The van der Waals surface area contributed by atoms with Gasteiger partial charge in [-0.15, -0.1) is 0 Å². The minimum Gasteiger partial charge on any atom is -0.458 e. The molecule has 0 atom stereocenters. The van der Waals surface area contributed by atoms with Crippen LogP contribution in [-0.4, -0.2) is 13.4 Å². The van der Waals surface area contributed by atoms with Crippen LogP contribution in [0.3, 0.4) is 0 Å². The van der Waals surface area contributed by atoms with Gasteiger partial charge in [0.2, 0.25) is 0 Å². The molecule has 0 bridgehead atoms. The van der Waals surface area contributed by atoms with E-state index in [1.807, 2.05) is 0 Å². The van der Waals surface area contributed by atoms with Crippen LogP contribution in [0.5, 0.6) is 11.5 Å². The van der Waals surface area contributed by atoms with Gasteiger partial charge in [-0.05, 0) is 164 Å². The molecule has 0 spiro atoms. The van der Waals surface area contributed by atoms with Crippen molar-refractivity contribution in [3.63, 3.8) is 0 Å². The average molecular weight is 1230 g/mol. The molecule has 14 aromatic carbocycles. The zero-order valence-electron chi connectivity index (χ0n) is 53.6. The molecular formula is C88H65B2N5O. The Hall–Kier alpha value is -12.0. The lowest BCUT2D eigenvalue weighted by Gasteiger charge is -2.47. The minimum absolute atomic E-state index is 0.0129. The van der Waals surface area contributed by atoms with Crippen LogP contribution < -0.4 is 62.0 Å². The second kappa shape index (κ2) is 22.9. The number of ether oxygens (including phenoxy) is 1. The van der Waals surface area contributed by atoms with E-state index < -0.39 is 0 Å². The highest BCUT2D eigenvalue weighted by molar-refractivity contribution is 7.02. The van der Waals surface area contributed by atoms with Crippen LogP contribution in [0.4, 0.5) is 85.3 Å². The lowest BCUT2D eigenvalue weighted by molar-refractivity contribution is 0.487. The van der Waals surface area contributed by atoms with Crippen LogP contribution >= 0.6 is 0 Å². The number of hydrogen-bond donors (Lipinski definition) is 0. The van der Waals surface area contributed by atoms with Crippen molar-refractivity contribution >= 4 is 132 Å². The van der Waals surface area contributed by atoms with Gasteiger partial charge in [0.05, 0.1) is 22.7 Å². The maximum Gasteiger partial charge on any atom is 0.256 e. The molecular weight excluding hydrogens is 1160 g/mol. The van der Waals surface area contributed by atoms with E-state index in [1.54, 1.807) is 0 Å². The van der Waals surface area contributed by atoms with Gasteiger partial charge in [0.15, 0.2) is 0 Å². The first-order valence-corrected chi connectivity index (χ1v) is 33.3. The summed E-state index contributed by atoms with van der Waals surface area (Å²) >= 11 is 0. The Morgan fingerprint density at radius 2 is 0.719 bits per heavy atom. The first-order valence-electron chi connectivity index (χ1n) is 33.3. The van der Waals surface area contributed by atoms with Crippen LogP contribution in [0.2, 0.25) is 0 Å². The van der Waals surface area contributed by atoms with Gasteiger partial charge in [0, 0.05) is 79.8 Å². The molecule has 0 radical (unpaired) electrons. The van der Waals surface area contributed by atoms with E-state index in [9.17, 15) is 0 Å².